The number of rotatable bonds is 2. The van der Waals surface area contributed by atoms with Gasteiger partial charge in [0.2, 0.25) is 0 Å². The average Bonchev–Trinajstić information content (AvgIpc) is 2.42. The van der Waals surface area contributed by atoms with Crippen molar-refractivity contribution in [3.63, 3.8) is 0 Å². The van der Waals surface area contributed by atoms with E-state index in [2.05, 4.69) is 30.7 Å². The van der Waals surface area contributed by atoms with E-state index in [0.29, 0.717) is 29.0 Å². The molecular weight excluding hydrogens is 288 g/mol. The molecule has 3 saturated carbocycles. The molecule has 1 aromatic heterocycles. The molecule has 3 aliphatic rings. The van der Waals surface area contributed by atoms with Gasteiger partial charge in [0.1, 0.15) is 11.9 Å². The fourth-order valence-electron chi connectivity index (χ4n) is 4.05. The Morgan fingerprint density at radius 3 is 2.76 bits per heavy atom. The molecule has 5 heteroatoms. The van der Waals surface area contributed by atoms with Crippen LogP contribution in [0.4, 0.5) is 0 Å². The molecule has 0 spiro atoms. The van der Waals surface area contributed by atoms with Crippen molar-refractivity contribution in [2.75, 3.05) is 0 Å². The van der Waals surface area contributed by atoms with Crippen LogP contribution in [0.15, 0.2) is 6.20 Å². The van der Waals surface area contributed by atoms with Crippen LogP contribution in [-0.4, -0.2) is 22.0 Å². The van der Waals surface area contributed by atoms with E-state index in [-0.39, 0.29) is 16.8 Å². The molecule has 2 bridgehead atoms. The number of nitrogens with zero attached hydrogens (tertiary/aromatic N) is 2. The molecule has 1 aromatic rings. The number of hydrogen-bond acceptors (Lipinski definition) is 4. The van der Waals surface area contributed by atoms with Gasteiger partial charge in [-0.25, -0.2) is 14.8 Å². The highest BCUT2D eigenvalue weighted by atomic mass is 35.5. The SMILES string of the molecule is Cc1ncc(Cl)c(C(=O)OC2CC3CC(C2C)C3(C)C)n1. The summed E-state index contributed by atoms with van der Waals surface area (Å²) in [6.45, 7) is 8.57. The highest BCUT2D eigenvalue weighted by Crippen LogP contribution is 2.61. The second-order valence-electron chi connectivity index (χ2n) is 7.01. The summed E-state index contributed by atoms with van der Waals surface area (Å²) in [5.74, 6) is 1.76. The first-order valence-electron chi connectivity index (χ1n) is 7.50. The number of ether oxygens (including phenoxy) is 1. The number of hydrogen-bond donors (Lipinski definition) is 0. The van der Waals surface area contributed by atoms with Crippen molar-refractivity contribution in [1.29, 1.82) is 0 Å². The summed E-state index contributed by atoms with van der Waals surface area (Å²) in [6.07, 6.45) is 3.62. The molecule has 4 nitrogen and oxygen atoms in total. The van der Waals surface area contributed by atoms with E-state index >= 15 is 0 Å². The smallest absolute Gasteiger partial charge is 0.358 e. The zero-order valence-electron chi connectivity index (χ0n) is 12.9. The highest BCUT2D eigenvalue weighted by molar-refractivity contribution is 6.33. The van der Waals surface area contributed by atoms with Crippen molar-refractivity contribution in [1.82, 2.24) is 9.97 Å². The first kappa shape index (κ1) is 14.8. The highest BCUT2D eigenvalue weighted by Gasteiger charge is 2.57. The zero-order chi connectivity index (χ0) is 15.4. The maximum absolute atomic E-state index is 12.3. The number of carbonyl (C=O) groups excluding carboxylic acids is 1. The Balaban J connectivity index is 1.73. The Bertz CT molecular complexity index is 588. The fraction of sp³-hybridized carbons (Fsp3) is 0.688. The number of halogens is 1. The van der Waals surface area contributed by atoms with Gasteiger partial charge in [0.05, 0.1) is 11.2 Å². The van der Waals surface area contributed by atoms with E-state index in [1.54, 1.807) is 6.92 Å². The summed E-state index contributed by atoms with van der Waals surface area (Å²) in [5.41, 5.74) is 0.556. The molecule has 4 rings (SSSR count). The third-order valence-electron chi connectivity index (χ3n) is 5.60. The van der Waals surface area contributed by atoms with Gasteiger partial charge in [-0.3, -0.25) is 0 Å². The Labute approximate surface area is 130 Å². The van der Waals surface area contributed by atoms with Gasteiger partial charge in [-0.2, -0.15) is 0 Å². The molecule has 3 fully saturated rings. The van der Waals surface area contributed by atoms with Crippen molar-refractivity contribution in [2.24, 2.45) is 23.2 Å². The second-order valence-corrected chi connectivity index (χ2v) is 7.42. The predicted octanol–water partition coefficient (Wildman–Crippen LogP) is 3.67. The summed E-state index contributed by atoms with van der Waals surface area (Å²) in [4.78, 5) is 20.4. The molecule has 21 heavy (non-hydrogen) atoms. The Morgan fingerprint density at radius 2 is 2.14 bits per heavy atom. The Hall–Kier alpha value is -1.16. The molecule has 0 amide bonds. The lowest BCUT2D eigenvalue weighted by Crippen LogP contribution is -2.57. The number of fused-ring (bicyclic) bond motifs is 2. The number of aryl methyl sites for hydroxylation is 1. The van der Waals surface area contributed by atoms with Gasteiger partial charge in [0.25, 0.3) is 0 Å². The van der Waals surface area contributed by atoms with Gasteiger partial charge in [0, 0.05) is 0 Å². The summed E-state index contributed by atoms with van der Waals surface area (Å²) >= 11 is 6.00. The van der Waals surface area contributed by atoms with E-state index in [1.165, 1.54) is 12.6 Å². The molecule has 4 atom stereocenters. The topological polar surface area (TPSA) is 52.1 Å². The minimum absolute atomic E-state index is 0.0272. The van der Waals surface area contributed by atoms with Crippen LogP contribution in [-0.2, 0) is 4.74 Å². The van der Waals surface area contributed by atoms with Crippen molar-refractivity contribution in [3.05, 3.63) is 22.7 Å². The molecule has 0 N–H and O–H groups in total. The van der Waals surface area contributed by atoms with E-state index < -0.39 is 5.97 Å². The van der Waals surface area contributed by atoms with Crippen LogP contribution in [0, 0.1) is 30.1 Å². The van der Waals surface area contributed by atoms with Gasteiger partial charge >= 0.3 is 5.97 Å². The largest absolute Gasteiger partial charge is 0.457 e. The summed E-state index contributed by atoms with van der Waals surface area (Å²) in [5, 5.41) is 0.250. The quantitative estimate of drug-likeness (QED) is 0.782. The normalized spacial score (nSPS) is 33.2. The van der Waals surface area contributed by atoms with Crippen LogP contribution in [0.1, 0.15) is 49.9 Å². The average molecular weight is 309 g/mol. The minimum Gasteiger partial charge on any atom is -0.457 e. The van der Waals surface area contributed by atoms with Gasteiger partial charge in [0.15, 0.2) is 5.69 Å². The van der Waals surface area contributed by atoms with Gasteiger partial charge in [-0.15, -0.1) is 0 Å². The van der Waals surface area contributed by atoms with E-state index in [4.69, 9.17) is 16.3 Å². The molecule has 0 aromatic carbocycles. The first-order chi connectivity index (χ1) is 9.80. The molecule has 0 radical (unpaired) electrons. The van der Waals surface area contributed by atoms with Gasteiger partial charge < -0.3 is 4.74 Å². The monoisotopic (exact) mass is 308 g/mol. The molecule has 0 saturated heterocycles. The van der Waals surface area contributed by atoms with E-state index in [9.17, 15) is 4.79 Å². The van der Waals surface area contributed by atoms with Crippen LogP contribution in [0.5, 0.6) is 0 Å². The van der Waals surface area contributed by atoms with Crippen molar-refractivity contribution in [3.8, 4) is 0 Å². The maximum Gasteiger partial charge on any atom is 0.358 e. The molecule has 4 unspecified atom stereocenters. The third-order valence-corrected chi connectivity index (χ3v) is 5.88. The zero-order valence-corrected chi connectivity index (χ0v) is 13.6. The minimum atomic E-state index is -0.429. The van der Waals surface area contributed by atoms with E-state index in [1.807, 2.05) is 0 Å². The first-order valence-corrected chi connectivity index (χ1v) is 7.88. The lowest BCUT2D eigenvalue weighted by Gasteiger charge is -2.61. The molecule has 114 valence electrons. The number of aromatic nitrogens is 2. The van der Waals surface area contributed by atoms with Crippen molar-refractivity contribution < 1.29 is 9.53 Å². The van der Waals surface area contributed by atoms with E-state index in [0.717, 1.165) is 6.42 Å². The Kier molecular flexibility index (Phi) is 3.47. The number of carbonyl (C=O) groups is 1. The van der Waals surface area contributed by atoms with Crippen LogP contribution in [0.3, 0.4) is 0 Å². The standard InChI is InChI=1S/C16H21ClN2O2/c1-8-11-5-10(16(11,3)4)6-13(8)21-15(20)14-12(17)7-18-9(2)19-14/h7-8,10-11,13H,5-6H2,1-4H3. The second kappa shape index (κ2) is 4.94. The third kappa shape index (κ3) is 2.33. The summed E-state index contributed by atoms with van der Waals surface area (Å²) < 4.78 is 5.71. The van der Waals surface area contributed by atoms with Gasteiger partial charge in [-0.05, 0) is 42.9 Å². The van der Waals surface area contributed by atoms with Gasteiger partial charge in [-0.1, -0.05) is 32.4 Å². The molecular formula is C16H21ClN2O2. The molecule has 0 aliphatic heterocycles. The van der Waals surface area contributed by atoms with Crippen LogP contribution in [0.2, 0.25) is 5.02 Å². The lowest BCUT2D eigenvalue weighted by molar-refractivity contribution is -0.156. The fourth-order valence-corrected chi connectivity index (χ4v) is 4.22. The molecule has 1 heterocycles. The van der Waals surface area contributed by atoms with Crippen molar-refractivity contribution >= 4 is 17.6 Å². The van der Waals surface area contributed by atoms with Crippen LogP contribution >= 0.6 is 11.6 Å². The van der Waals surface area contributed by atoms with Crippen LogP contribution < -0.4 is 0 Å². The predicted molar refractivity (Wildman–Crippen MR) is 80.1 cm³/mol. The van der Waals surface area contributed by atoms with Crippen molar-refractivity contribution in [2.45, 2.75) is 46.6 Å². The summed E-state index contributed by atoms with van der Waals surface area (Å²) in [7, 11) is 0. The maximum atomic E-state index is 12.3. The van der Waals surface area contributed by atoms with Crippen LogP contribution in [0.25, 0.3) is 0 Å². The lowest BCUT2D eigenvalue weighted by atomic mass is 9.45. The molecule has 3 aliphatic carbocycles. The Morgan fingerprint density at radius 1 is 1.43 bits per heavy atom. The number of esters is 1. The summed E-state index contributed by atoms with van der Waals surface area (Å²) in [6, 6.07) is 0.